The lowest BCUT2D eigenvalue weighted by Gasteiger charge is -2.35. The van der Waals surface area contributed by atoms with E-state index in [1.165, 1.54) is 0 Å². The molecule has 1 unspecified atom stereocenters. The lowest BCUT2D eigenvalue weighted by Crippen LogP contribution is -2.47. The van der Waals surface area contributed by atoms with Crippen LogP contribution in [0.5, 0.6) is 0 Å². The van der Waals surface area contributed by atoms with E-state index in [1.807, 2.05) is 11.8 Å². The molecule has 1 saturated heterocycles. The molecule has 0 saturated carbocycles. The zero-order valence-corrected chi connectivity index (χ0v) is 6.69. The highest BCUT2D eigenvalue weighted by Gasteiger charge is 2.42. The van der Waals surface area contributed by atoms with Crippen LogP contribution in [0.2, 0.25) is 0 Å². The number of β-lactam (4-membered cyclic amide) rings is 1. The largest absolute Gasteiger partial charge is 0.312 e. The summed E-state index contributed by atoms with van der Waals surface area (Å²) >= 11 is 4.27. The minimum Gasteiger partial charge on any atom is -0.312 e. The topological polar surface area (TPSA) is 20.3 Å². The van der Waals surface area contributed by atoms with Gasteiger partial charge in [-0.1, -0.05) is 0 Å². The van der Waals surface area contributed by atoms with Gasteiger partial charge in [-0.25, -0.2) is 0 Å². The molecule has 0 aromatic rings. The Balaban J connectivity index is 2.29. The van der Waals surface area contributed by atoms with Crippen LogP contribution in [-0.2, 0) is 4.79 Å². The molecule has 0 aliphatic carbocycles. The van der Waals surface area contributed by atoms with E-state index in [9.17, 15) is 4.79 Å². The van der Waals surface area contributed by atoms with Gasteiger partial charge in [-0.05, 0) is 6.92 Å². The number of nitrogens with zero attached hydrogens (tertiary/aromatic N) is 1. The van der Waals surface area contributed by atoms with Gasteiger partial charge in [-0.15, -0.1) is 12.6 Å². The van der Waals surface area contributed by atoms with Gasteiger partial charge in [-0.3, -0.25) is 4.79 Å². The zero-order valence-electron chi connectivity index (χ0n) is 5.79. The van der Waals surface area contributed by atoms with Gasteiger partial charge in [0.15, 0.2) is 0 Å². The highest BCUT2D eigenvalue weighted by atomic mass is 32.1. The van der Waals surface area contributed by atoms with Gasteiger partial charge >= 0.3 is 0 Å². The second-order valence-corrected chi connectivity index (χ2v) is 3.40. The molecule has 2 nitrogen and oxygen atoms in total. The number of fused-ring (bicyclic) bond motifs is 1. The Morgan fingerprint density at radius 3 is 2.70 bits per heavy atom. The Labute approximate surface area is 65.3 Å². The summed E-state index contributed by atoms with van der Waals surface area (Å²) in [5.41, 5.74) is 1.06. The van der Waals surface area contributed by atoms with Crippen molar-refractivity contribution in [2.45, 2.75) is 25.8 Å². The molecular weight excluding hydrogens is 146 g/mol. The van der Waals surface area contributed by atoms with Crippen molar-refractivity contribution >= 4 is 18.5 Å². The molecule has 0 spiro atoms. The van der Waals surface area contributed by atoms with Crippen LogP contribution >= 0.6 is 12.6 Å². The summed E-state index contributed by atoms with van der Waals surface area (Å²) in [5, 5.41) is 0. The molecule has 2 aliphatic heterocycles. The summed E-state index contributed by atoms with van der Waals surface area (Å²) in [6, 6.07) is 0.458. The maximum atomic E-state index is 10.9. The minimum atomic E-state index is 0.256. The summed E-state index contributed by atoms with van der Waals surface area (Å²) in [6.07, 6.45) is 1.70. The van der Waals surface area contributed by atoms with Gasteiger partial charge in [-0.2, -0.15) is 0 Å². The normalized spacial score (nSPS) is 30.8. The van der Waals surface area contributed by atoms with Crippen LogP contribution < -0.4 is 0 Å². The number of carbonyl (C=O) groups excluding carboxylic acids is 1. The van der Waals surface area contributed by atoms with Crippen LogP contribution in [-0.4, -0.2) is 16.8 Å². The highest BCUT2D eigenvalue weighted by molar-refractivity contribution is 7.84. The summed E-state index contributed by atoms with van der Waals surface area (Å²) in [7, 11) is 0. The zero-order chi connectivity index (χ0) is 7.30. The van der Waals surface area contributed by atoms with E-state index >= 15 is 0 Å². The Bertz CT molecular complexity index is 234. The van der Waals surface area contributed by atoms with Crippen LogP contribution in [0.15, 0.2) is 10.6 Å². The first-order valence-corrected chi connectivity index (χ1v) is 3.85. The molecule has 2 aliphatic rings. The van der Waals surface area contributed by atoms with Crippen molar-refractivity contribution in [3.05, 3.63) is 10.6 Å². The standard InChI is InChI=1S/C7H9NOS/c1-4-6(10)2-5-3-7(9)8(4)5/h5,10H,2-3H2,1H3. The quantitative estimate of drug-likeness (QED) is 0.411. The predicted octanol–water partition coefficient (Wildman–Crippen LogP) is 1.15. The van der Waals surface area contributed by atoms with Crippen LogP contribution in [0.3, 0.4) is 0 Å². The average molecular weight is 155 g/mol. The molecule has 2 heterocycles. The van der Waals surface area contributed by atoms with E-state index in [2.05, 4.69) is 12.6 Å². The molecule has 2 rings (SSSR count). The molecular formula is C7H9NOS. The van der Waals surface area contributed by atoms with Gasteiger partial charge in [0.2, 0.25) is 5.91 Å². The average Bonchev–Trinajstić information content (AvgIpc) is 2.05. The fraction of sp³-hybridized carbons (Fsp3) is 0.571. The third-order valence-electron chi connectivity index (χ3n) is 2.25. The van der Waals surface area contributed by atoms with Crippen molar-refractivity contribution < 1.29 is 4.79 Å². The Hall–Kier alpha value is -0.440. The molecule has 0 radical (unpaired) electrons. The second kappa shape index (κ2) is 1.78. The number of hydrogen-bond acceptors (Lipinski definition) is 2. The maximum Gasteiger partial charge on any atom is 0.229 e. The van der Waals surface area contributed by atoms with Crippen molar-refractivity contribution in [1.82, 2.24) is 4.90 Å². The molecule has 0 N–H and O–H groups in total. The Kier molecular flexibility index (Phi) is 1.12. The SMILES string of the molecule is CC1=C(S)CC2CC(=O)N12. The third-order valence-corrected chi connectivity index (χ3v) is 2.76. The monoisotopic (exact) mass is 155 g/mol. The second-order valence-electron chi connectivity index (χ2n) is 2.86. The van der Waals surface area contributed by atoms with E-state index in [1.54, 1.807) is 0 Å². The summed E-state index contributed by atoms with van der Waals surface area (Å²) in [4.78, 5) is 13.9. The van der Waals surface area contributed by atoms with Gasteiger partial charge in [0, 0.05) is 29.5 Å². The Morgan fingerprint density at radius 1 is 1.60 bits per heavy atom. The first-order valence-electron chi connectivity index (χ1n) is 3.41. The molecule has 1 atom stereocenters. The molecule has 3 heteroatoms. The Morgan fingerprint density at radius 2 is 2.30 bits per heavy atom. The molecule has 1 fully saturated rings. The number of amides is 1. The van der Waals surface area contributed by atoms with Crippen LogP contribution in [0.25, 0.3) is 0 Å². The van der Waals surface area contributed by atoms with Crippen molar-refractivity contribution in [3.63, 3.8) is 0 Å². The van der Waals surface area contributed by atoms with Crippen molar-refractivity contribution in [3.8, 4) is 0 Å². The molecule has 10 heavy (non-hydrogen) atoms. The number of allylic oxidation sites excluding steroid dienone is 1. The van der Waals surface area contributed by atoms with Crippen molar-refractivity contribution in [1.29, 1.82) is 0 Å². The number of rotatable bonds is 0. The van der Waals surface area contributed by atoms with Crippen LogP contribution in [0.4, 0.5) is 0 Å². The smallest absolute Gasteiger partial charge is 0.229 e. The maximum absolute atomic E-state index is 10.9. The van der Waals surface area contributed by atoms with E-state index in [0.29, 0.717) is 6.04 Å². The highest BCUT2D eigenvalue weighted by Crippen LogP contribution is 2.38. The van der Waals surface area contributed by atoms with E-state index < -0.39 is 0 Å². The third kappa shape index (κ3) is 0.586. The van der Waals surface area contributed by atoms with E-state index in [-0.39, 0.29) is 5.91 Å². The first-order chi connectivity index (χ1) is 4.70. The van der Waals surface area contributed by atoms with Crippen LogP contribution in [0.1, 0.15) is 19.8 Å². The lowest BCUT2D eigenvalue weighted by molar-refractivity contribution is -0.141. The molecule has 0 bridgehead atoms. The number of hydrogen-bond donors (Lipinski definition) is 1. The lowest BCUT2D eigenvalue weighted by atomic mass is 10.0. The molecule has 54 valence electrons. The van der Waals surface area contributed by atoms with Gasteiger partial charge in [0.25, 0.3) is 0 Å². The predicted molar refractivity (Wildman–Crippen MR) is 41.6 cm³/mol. The van der Waals surface area contributed by atoms with Gasteiger partial charge < -0.3 is 4.90 Å². The summed E-state index contributed by atoms with van der Waals surface area (Å²) in [5.74, 6) is 0.256. The molecule has 0 aromatic carbocycles. The number of carbonyl (C=O) groups is 1. The molecule has 0 aromatic heterocycles. The van der Waals surface area contributed by atoms with Crippen molar-refractivity contribution in [2.75, 3.05) is 0 Å². The molecule has 1 amide bonds. The fourth-order valence-corrected chi connectivity index (χ4v) is 1.94. The minimum absolute atomic E-state index is 0.256. The summed E-state index contributed by atoms with van der Waals surface area (Å²) in [6.45, 7) is 1.96. The van der Waals surface area contributed by atoms with Gasteiger partial charge in [0.1, 0.15) is 0 Å². The fourth-order valence-electron chi connectivity index (χ4n) is 1.62. The van der Waals surface area contributed by atoms with Crippen LogP contribution in [0, 0.1) is 0 Å². The van der Waals surface area contributed by atoms with E-state index in [0.717, 1.165) is 23.4 Å². The number of thiol groups is 1. The van der Waals surface area contributed by atoms with Gasteiger partial charge in [0.05, 0.1) is 0 Å². The van der Waals surface area contributed by atoms with Crippen molar-refractivity contribution in [2.24, 2.45) is 0 Å². The van der Waals surface area contributed by atoms with E-state index in [4.69, 9.17) is 0 Å². The summed E-state index contributed by atoms with van der Waals surface area (Å²) < 4.78 is 0. The first kappa shape index (κ1) is 6.28.